The maximum Gasteiger partial charge on any atom is 0.0476 e. The van der Waals surface area contributed by atoms with E-state index in [1.807, 2.05) is 6.07 Å². The Balaban J connectivity index is 2.20. The molecule has 4 heteroatoms. The summed E-state index contributed by atoms with van der Waals surface area (Å²) in [7, 11) is 0. The minimum absolute atomic E-state index is 0.424. The van der Waals surface area contributed by atoms with E-state index in [-0.39, 0.29) is 0 Å². The summed E-state index contributed by atoms with van der Waals surface area (Å²) in [6.07, 6.45) is 0. The van der Waals surface area contributed by atoms with Crippen molar-refractivity contribution in [2.24, 2.45) is 0 Å². The van der Waals surface area contributed by atoms with E-state index in [4.69, 9.17) is 11.6 Å². The van der Waals surface area contributed by atoms with Gasteiger partial charge >= 0.3 is 0 Å². The van der Waals surface area contributed by atoms with Gasteiger partial charge in [0.25, 0.3) is 0 Å². The van der Waals surface area contributed by atoms with E-state index in [0.29, 0.717) is 12.1 Å². The highest BCUT2D eigenvalue weighted by atomic mass is 35.5. The van der Waals surface area contributed by atoms with E-state index in [0.717, 1.165) is 44.3 Å². The lowest BCUT2D eigenvalue weighted by atomic mass is 10.0. The van der Waals surface area contributed by atoms with Crippen molar-refractivity contribution in [3.63, 3.8) is 0 Å². The van der Waals surface area contributed by atoms with Gasteiger partial charge in [0.1, 0.15) is 0 Å². The number of nitrogens with one attached hydrogen (secondary N) is 1. The Kier molecular flexibility index (Phi) is 6.49. The number of halogens is 1. The third-order valence-electron chi connectivity index (χ3n) is 4.40. The molecule has 0 saturated carbocycles. The molecule has 0 bridgehead atoms. The van der Waals surface area contributed by atoms with E-state index in [1.165, 1.54) is 5.56 Å². The van der Waals surface area contributed by atoms with Crippen LogP contribution in [0, 0.1) is 0 Å². The van der Waals surface area contributed by atoms with Crippen molar-refractivity contribution in [1.29, 1.82) is 0 Å². The number of benzene rings is 1. The van der Waals surface area contributed by atoms with Crippen molar-refractivity contribution in [1.82, 2.24) is 15.1 Å². The van der Waals surface area contributed by atoms with E-state index in [9.17, 15) is 0 Å². The molecule has 1 aliphatic rings. The van der Waals surface area contributed by atoms with Gasteiger partial charge in [0, 0.05) is 43.3 Å². The van der Waals surface area contributed by atoms with E-state index < -0.39 is 0 Å². The number of nitrogens with zero attached hydrogens (tertiary/aromatic N) is 2. The molecule has 0 aromatic heterocycles. The van der Waals surface area contributed by atoms with Crippen LogP contribution in [0.2, 0.25) is 5.02 Å². The highest BCUT2D eigenvalue weighted by molar-refractivity contribution is 6.30. The van der Waals surface area contributed by atoms with Crippen LogP contribution >= 0.6 is 11.6 Å². The van der Waals surface area contributed by atoms with E-state index >= 15 is 0 Å². The molecule has 2 atom stereocenters. The van der Waals surface area contributed by atoms with Gasteiger partial charge in [0.05, 0.1) is 0 Å². The van der Waals surface area contributed by atoms with Gasteiger partial charge in [-0.1, -0.05) is 37.6 Å². The molecule has 1 N–H and O–H groups in total. The van der Waals surface area contributed by atoms with E-state index in [2.05, 4.69) is 54.1 Å². The van der Waals surface area contributed by atoms with Crippen LogP contribution in [0.4, 0.5) is 0 Å². The second-order valence-corrected chi connectivity index (χ2v) is 6.34. The summed E-state index contributed by atoms with van der Waals surface area (Å²) in [5.74, 6) is 0. The van der Waals surface area contributed by atoms with Gasteiger partial charge in [-0.25, -0.2) is 0 Å². The van der Waals surface area contributed by atoms with Crippen molar-refractivity contribution in [3.8, 4) is 0 Å². The molecule has 1 fully saturated rings. The second-order valence-electron chi connectivity index (χ2n) is 5.91. The summed E-state index contributed by atoms with van der Waals surface area (Å²) in [6.45, 7) is 13.2. The Labute approximate surface area is 134 Å². The van der Waals surface area contributed by atoms with Gasteiger partial charge in [0.15, 0.2) is 0 Å². The topological polar surface area (TPSA) is 18.5 Å². The van der Waals surface area contributed by atoms with Gasteiger partial charge in [-0.2, -0.15) is 0 Å². The largest absolute Gasteiger partial charge is 0.312 e. The molecule has 0 aliphatic carbocycles. The number of rotatable bonds is 6. The minimum atomic E-state index is 0.424. The Bertz CT molecular complexity index is 434. The third-order valence-corrected chi connectivity index (χ3v) is 4.64. The summed E-state index contributed by atoms with van der Waals surface area (Å²) < 4.78 is 0. The van der Waals surface area contributed by atoms with Crippen LogP contribution in [-0.2, 0) is 0 Å². The first-order valence-electron chi connectivity index (χ1n) is 8.09. The predicted molar refractivity (Wildman–Crippen MR) is 91.0 cm³/mol. The van der Waals surface area contributed by atoms with Gasteiger partial charge in [-0.15, -0.1) is 0 Å². The zero-order valence-corrected chi connectivity index (χ0v) is 14.2. The highest BCUT2D eigenvalue weighted by Crippen LogP contribution is 2.25. The first kappa shape index (κ1) is 16.8. The van der Waals surface area contributed by atoms with Crippen LogP contribution in [0.15, 0.2) is 24.3 Å². The Morgan fingerprint density at radius 1 is 1.38 bits per heavy atom. The first-order chi connectivity index (χ1) is 10.1. The third kappa shape index (κ3) is 4.68. The van der Waals surface area contributed by atoms with Crippen LogP contribution in [-0.4, -0.2) is 55.1 Å². The SMILES string of the molecule is CCN(CC)CC(c1cccc(Cl)c1)N1CCNC(C)C1. The van der Waals surface area contributed by atoms with Crippen molar-refractivity contribution in [3.05, 3.63) is 34.9 Å². The fourth-order valence-corrected chi connectivity index (χ4v) is 3.32. The maximum atomic E-state index is 6.22. The smallest absolute Gasteiger partial charge is 0.0476 e. The summed E-state index contributed by atoms with van der Waals surface area (Å²) in [5.41, 5.74) is 1.34. The van der Waals surface area contributed by atoms with Crippen molar-refractivity contribution in [2.45, 2.75) is 32.9 Å². The van der Waals surface area contributed by atoms with Gasteiger partial charge in [0.2, 0.25) is 0 Å². The van der Waals surface area contributed by atoms with E-state index in [1.54, 1.807) is 0 Å². The summed E-state index contributed by atoms with van der Waals surface area (Å²) in [6, 6.07) is 9.35. The molecular weight excluding hydrogens is 282 g/mol. The molecule has 2 unspecified atom stereocenters. The van der Waals surface area contributed by atoms with Crippen molar-refractivity contribution >= 4 is 11.6 Å². The second kappa shape index (κ2) is 8.14. The van der Waals surface area contributed by atoms with Crippen molar-refractivity contribution in [2.75, 3.05) is 39.3 Å². The van der Waals surface area contributed by atoms with Crippen LogP contribution < -0.4 is 5.32 Å². The average molecular weight is 310 g/mol. The summed E-state index contributed by atoms with van der Waals surface area (Å²) in [5, 5.41) is 4.36. The lowest BCUT2D eigenvalue weighted by Crippen LogP contribution is -2.52. The maximum absolute atomic E-state index is 6.22. The molecule has 3 nitrogen and oxygen atoms in total. The molecule has 1 heterocycles. The fourth-order valence-electron chi connectivity index (χ4n) is 3.12. The quantitative estimate of drug-likeness (QED) is 0.871. The Hall–Kier alpha value is -0.610. The Morgan fingerprint density at radius 2 is 2.14 bits per heavy atom. The van der Waals surface area contributed by atoms with Gasteiger partial charge in [-0.3, -0.25) is 4.90 Å². The number of likely N-dealkylation sites (N-methyl/N-ethyl adjacent to an activating group) is 1. The summed E-state index contributed by atoms with van der Waals surface area (Å²) >= 11 is 6.22. The molecule has 118 valence electrons. The van der Waals surface area contributed by atoms with Crippen molar-refractivity contribution < 1.29 is 0 Å². The highest BCUT2D eigenvalue weighted by Gasteiger charge is 2.26. The van der Waals surface area contributed by atoms with Gasteiger partial charge < -0.3 is 10.2 Å². The lowest BCUT2D eigenvalue weighted by molar-refractivity contribution is 0.113. The molecule has 1 aromatic carbocycles. The van der Waals surface area contributed by atoms with Crippen LogP contribution in [0.1, 0.15) is 32.4 Å². The molecule has 2 rings (SSSR count). The van der Waals surface area contributed by atoms with Crippen LogP contribution in [0.3, 0.4) is 0 Å². The molecule has 1 saturated heterocycles. The minimum Gasteiger partial charge on any atom is -0.312 e. The predicted octanol–water partition coefficient (Wildman–Crippen LogP) is 3.02. The zero-order chi connectivity index (χ0) is 15.2. The first-order valence-corrected chi connectivity index (χ1v) is 8.47. The lowest BCUT2D eigenvalue weighted by Gasteiger charge is -2.40. The average Bonchev–Trinajstić information content (AvgIpc) is 2.48. The van der Waals surface area contributed by atoms with Crippen LogP contribution in [0.5, 0.6) is 0 Å². The van der Waals surface area contributed by atoms with Gasteiger partial charge in [-0.05, 0) is 37.7 Å². The Morgan fingerprint density at radius 3 is 2.76 bits per heavy atom. The summed E-state index contributed by atoms with van der Waals surface area (Å²) in [4.78, 5) is 5.10. The molecule has 0 radical (unpaired) electrons. The molecule has 0 amide bonds. The zero-order valence-electron chi connectivity index (χ0n) is 13.5. The standard InChI is InChI=1S/C17H28ClN3/c1-4-20(5-2)13-17(15-7-6-8-16(18)11-15)21-10-9-19-14(3)12-21/h6-8,11,14,17,19H,4-5,9-10,12-13H2,1-3H3. The molecule has 1 aromatic rings. The normalized spacial score (nSPS) is 21.7. The number of hydrogen-bond donors (Lipinski definition) is 1. The van der Waals surface area contributed by atoms with Crippen LogP contribution in [0.25, 0.3) is 0 Å². The number of hydrogen-bond acceptors (Lipinski definition) is 3. The molecular formula is C17H28ClN3. The number of piperazine rings is 1. The fraction of sp³-hybridized carbons (Fsp3) is 0.647. The molecule has 21 heavy (non-hydrogen) atoms. The monoisotopic (exact) mass is 309 g/mol. The molecule has 1 aliphatic heterocycles. The molecule has 0 spiro atoms.